The molecule has 0 aliphatic carbocycles. The summed E-state index contributed by atoms with van der Waals surface area (Å²) in [5, 5.41) is 6.53. The van der Waals surface area contributed by atoms with Crippen LogP contribution in [0.15, 0.2) is 18.2 Å². The molecule has 0 fully saturated rings. The van der Waals surface area contributed by atoms with Crippen LogP contribution in [0.4, 0.5) is 0 Å². The van der Waals surface area contributed by atoms with Crippen LogP contribution in [0, 0.1) is 13.8 Å². The van der Waals surface area contributed by atoms with E-state index in [1.54, 1.807) is 0 Å². The largest absolute Gasteiger partial charge is 0.318 e. The van der Waals surface area contributed by atoms with Crippen LogP contribution >= 0.6 is 0 Å². The average molecular weight is 192 g/mol. The SMILES string of the molecule is CNCC(NC)c1cc(C)ccc1C. The fourth-order valence-electron chi connectivity index (χ4n) is 1.71. The maximum Gasteiger partial charge on any atom is 0.0446 e. The number of benzene rings is 1. The fourth-order valence-corrected chi connectivity index (χ4v) is 1.71. The van der Waals surface area contributed by atoms with E-state index in [1.807, 2.05) is 14.1 Å². The highest BCUT2D eigenvalue weighted by Crippen LogP contribution is 2.18. The monoisotopic (exact) mass is 192 g/mol. The highest BCUT2D eigenvalue weighted by atomic mass is 14.9. The Morgan fingerprint density at radius 1 is 1.21 bits per heavy atom. The van der Waals surface area contributed by atoms with Crippen LogP contribution in [0.1, 0.15) is 22.7 Å². The zero-order valence-corrected chi connectivity index (χ0v) is 9.52. The van der Waals surface area contributed by atoms with Gasteiger partial charge in [0.15, 0.2) is 0 Å². The van der Waals surface area contributed by atoms with Gasteiger partial charge in [0, 0.05) is 12.6 Å². The van der Waals surface area contributed by atoms with Crippen molar-refractivity contribution in [1.29, 1.82) is 0 Å². The number of rotatable bonds is 4. The molecule has 0 bridgehead atoms. The summed E-state index contributed by atoms with van der Waals surface area (Å²) >= 11 is 0. The highest BCUT2D eigenvalue weighted by molar-refractivity contribution is 5.33. The quantitative estimate of drug-likeness (QED) is 0.760. The van der Waals surface area contributed by atoms with Crippen LogP contribution in [0.2, 0.25) is 0 Å². The normalized spacial score (nSPS) is 12.9. The maximum absolute atomic E-state index is 3.32. The van der Waals surface area contributed by atoms with Crippen molar-refractivity contribution in [3.05, 3.63) is 34.9 Å². The molecule has 2 nitrogen and oxygen atoms in total. The van der Waals surface area contributed by atoms with Gasteiger partial charge in [-0.3, -0.25) is 0 Å². The predicted octanol–water partition coefficient (Wildman–Crippen LogP) is 1.78. The van der Waals surface area contributed by atoms with Gasteiger partial charge in [-0.15, -0.1) is 0 Å². The molecule has 0 saturated heterocycles. The van der Waals surface area contributed by atoms with Crippen molar-refractivity contribution in [2.75, 3.05) is 20.6 Å². The number of likely N-dealkylation sites (N-methyl/N-ethyl adjacent to an activating group) is 2. The van der Waals surface area contributed by atoms with Crippen molar-refractivity contribution in [1.82, 2.24) is 10.6 Å². The van der Waals surface area contributed by atoms with Gasteiger partial charge in [-0.05, 0) is 39.1 Å². The summed E-state index contributed by atoms with van der Waals surface area (Å²) in [6.07, 6.45) is 0. The summed E-state index contributed by atoms with van der Waals surface area (Å²) in [6.45, 7) is 5.25. The first-order chi connectivity index (χ1) is 6.69. The molecule has 0 aromatic heterocycles. The second-order valence-electron chi connectivity index (χ2n) is 3.76. The third-order valence-electron chi connectivity index (χ3n) is 2.57. The van der Waals surface area contributed by atoms with Gasteiger partial charge in [0.1, 0.15) is 0 Å². The Labute approximate surface area is 86.7 Å². The molecule has 1 aromatic carbocycles. The zero-order chi connectivity index (χ0) is 10.6. The molecule has 0 amide bonds. The molecule has 14 heavy (non-hydrogen) atoms. The van der Waals surface area contributed by atoms with Crippen LogP contribution in [-0.4, -0.2) is 20.6 Å². The summed E-state index contributed by atoms with van der Waals surface area (Å²) in [5.41, 5.74) is 4.06. The molecule has 78 valence electrons. The average Bonchev–Trinajstić information content (AvgIpc) is 2.18. The minimum absolute atomic E-state index is 0.403. The van der Waals surface area contributed by atoms with Crippen molar-refractivity contribution in [3.63, 3.8) is 0 Å². The topological polar surface area (TPSA) is 24.1 Å². The van der Waals surface area contributed by atoms with Crippen molar-refractivity contribution in [3.8, 4) is 0 Å². The van der Waals surface area contributed by atoms with Gasteiger partial charge in [-0.25, -0.2) is 0 Å². The van der Waals surface area contributed by atoms with Gasteiger partial charge in [0.2, 0.25) is 0 Å². The second-order valence-corrected chi connectivity index (χ2v) is 3.76. The predicted molar refractivity (Wildman–Crippen MR) is 61.6 cm³/mol. The summed E-state index contributed by atoms with van der Waals surface area (Å²) in [7, 11) is 3.99. The minimum Gasteiger partial charge on any atom is -0.318 e. The lowest BCUT2D eigenvalue weighted by atomic mass is 9.99. The van der Waals surface area contributed by atoms with E-state index in [-0.39, 0.29) is 0 Å². The van der Waals surface area contributed by atoms with Crippen LogP contribution in [0.25, 0.3) is 0 Å². The lowest BCUT2D eigenvalue weighted by Crippen LogP contribution is -2.27. The van der Waals surface area contributed by atoms with Crippen LogP contribution in [-0.2, 0) is 0 Å². The van der Waals surface area contributed by atoms with E-state index < -0.39 is 0 Å². The second kappa shape index (κ2) is 5.13. The van der Waals surface area contributed by atoms with E-state index in [2.05, 4.69) is 42.7 Å². The maximum atomic E-state index is 3.32. The molecule has 0 spiro atoms. The molecule has 1 unspecified atom stereocenters. The molecule has 0 aliphatic rings. The third-order valence-corrected chi connectivity index (χ3v) is 2.57. The van der Waals surface area contributed by atoms with Gasteiger partial charge in [0.25, 0.3) is 0 Å². The van der Waals surface area contributed by atoms with E-state index >= 15 is 0 Å². The van der Waals surface area contributed by atoms with E-state index in [1.165, 1.54) is 16.7 Å². The van der Waals surface area contributed by atoms with Crippen LogP contribution < -0.4 is 10.6 Å². The lowest BCUT2D eigenvalue weighted by Gasteiger charge is -2.19. The molecular weight excluding hydrogens is 172 g/mol. The smallest absolute Gasteiger partial charge is 0.0446 e. The fraction of sp³-hybridized carbons (Fsp3) is 0.500. The van der Waals surface area contributed by atoms with Crippen molar-refractivity contribution in [2.45, 2.75) is 19.9 Å². The number of nitrogens with one attached hydrogen (secondary N) is 2. The van der Waals surface area contributed by atoms with E-state index in [9.17, 15) is 0 Å². The molecule has 1 aromatic rings. The summed E-state index contributed by atoms with van der Waals surface area (Å²) < 4.78 is 0. The molecule has 0 radical (unpaired) electrons. The molecule has 0 saturated carbocycles. The molecule has 1 atom stereocenters. The van der Waals surface area contributed by atoms with Crippen LogP contribution in [0.3, 0.4) is 0 Å². The Morgan fingerprint density at radius 2 is 1.93 bits per heavy atom. The number of hydrogen-bond acceptors (Lipinski definition) is 2. The number of hydrogen-bond donors (Lipinski definition) is 2. The van der Waals surface area contributed by atoms with Crippen molar-refractivity contribution in [2.24, 2.45) is 0 Å². The third kappa shape index (κ3) is 2.56. The van der Waals surface area contributed by atoms with Gasteiger partial charge in [-0.2, -0.15) is 0 Å². The zero-order valence-electron chi connectivity index (χ0n) is 9.52. The Balaban J connectivity index is 2.96. The lowest BCUT2D eigenvalue weighted by molar-refractivity contribution is 0.555. The molecule has 2 heteroatoms. The first-order valence-corrected chi connectivity index (χ1v) is 5.08. The first-order valence-electron chi connectivity index (χ1n) is 5.08. The highest BCUT2D eigenvalue weighted by Gasteiger charge is 2.10. The molecule has 2 N–H and O–H groups in total. The Morgan fingerprint density at radius 3 is 2.50 bits per heavy atom. The molecule has 1 rings (SSSR count). The molecular formula is C12H20N2. The van der Waals surface area contributed by atoms with Gasteiger partial charge in [0.05, 0.1) is 0 Å². The van der Waals surface area contributed by atoms with Crippen molar-refractivity contribution < 1.29 is 0 Å². The van der Waals surface area contributed by atoms with E-state index in [0.29, 0.717) is 6.04 Å². The van der Waals surface area contributed by atoms with Gasteiger partial charge >= 0.3 is 0 Å². The Kier molecular flexibility index (Phi) is 4.11. The first kappa shape index (κ1) is 11.2. The Hall–Kier alpha value is -0.860. The Bertz CT molecular complexity index is 294. The minimum atomic E-state index is 0.403. The standard InChI is InChI=1S/C12H20N2/c1-9-5-6-10(2)11(7-9)12(14-4)8-13-3/h5-7,12-14H,8H2,1-4H3. The summed E-state index contributed by atoms with van der Waals surface area (Å²) in [4.78, 5) is 0. The van der Waals surface area contributed by atoms with Crippen molar-refractivity contribution >= 4 is 0 Å². The summed E-state index contributed by atoms with van der Waals surface area (Å²) in [5.74, 6) is 0. The molecule has 0 heterocycles. The van der Waals surface area contributed by atoms with Gasteiger partial charge in [-0.1, -0.05) is 23.8 Å². The number of aryl methyl sites for hydroxylation is 2. The van der Waals surface area contributed by atoms with Crippen LogP contribution in [0.5, 0.6) is 0 Å². The van der Waals surface area contributed by atoms with E-state index in [4.69, 9.17) is 0 Å². The van der Waals surface area contributed by atoms with Gasteiger partial charge < -0.3 is 10.6 Å². The van der Waals surface area contributed by atoms with E-state index in [0.717, 1.165) is 6.54 Å². The molecule has 0 aliphatic heterocycles. The summed E-state index contributed by atoms with van der Waals surface area (Å²) in [6, 6.07) is 7.00.